The van der Waals surface area contributed by atoms with Gasteiger partial charge >= 0.3 is 0 Å². The van der Waals surface area contributed by atoms with Crippen molar-refractivity contribution < 1.29 is 28.5 Å². The van der Waals surface area contributed by atoms with E-state index in [1.54, 1.807) is 4.90 Å². The minimum atomic E-state index is -0.656. The number of rotatable bonds is 3. The first-order chi connectivity index (χ1) is 17.8. The summed E-state index contributed by atoms with van der Waals surface area (Å²) in [4.78, 5) is 32.5. The van der Waals surface area contributed by atoms with Gasteiger partial charge in [-0.1, -0.05) is 18.2 Å². The fraction of sp³-hybridized carbons (Fsp3) is 0.429. The van der Waals surface area contributed by atoms with Gasteiger partial charge < -0.3 is 28.7 Å². The molecule has 1 atom stereocenters. The number of hydrogen-bond acceptors (Lipinski definition) is 7. The summed E-state index contributed by atoms with van der Waals surface area (Å²) in [5.74, 6) is 2.54. The lowest BCUT2D eigenvalue weighted by atomic mass is 9.88. The summed E-state index contributed by atoms with van der Waals surface area (Å²) in [5, 5.41) is 0. The number of anilines is 1. The van der Waals surface area contributed by atoms with Crippen LogP contribution in [0.2, 0.25) is 0 Å². The quantitative estimate of drug-likeness (QED) is 0.635. The lowest BCUT2D eigenvalue weighted by molar-refractivity contribution is -0.143. The molecule has 2 aromatic rings. The summed E-state index contributed by atoms with van der Waals surface area (Å²) in [7, 11) is 0. The normalized spacial score (nSPS) is 21.8. The molecular formula is C28H31N3O6. The van der Waals surface area contributed by atoms with Crippen LogP contribution in [0, 0.1) is 0 Å². The molecule has 0 saturated carbocycles. The Hall–Kier alpha value is -3.72. The van der Waals surface area contributed by atoms with Crippen LogP contribution in [0.5, 0.6) is 23.0 Å². The molecule has 0 bridgehead atoms. The second kappa shape index (κ2) is 8.99. The fourth-order valence-electron chi connectivity index (χ4n) is 5.60. The van der Waals surface area contributed by atoms with Crippen LogP contribution in [0.4, 0.5) is 5.69 Å². The van der Waals surface area contributed by atoms with Crippen LogP contribution in [0.3, 0.4) is 0 Å². The van der Waals surface area contributed by atoms with Crippen molar-refractivity contribution in [2.24, 2.45) is 0 Å². The minimum Gasteiger partial charge on any atom is -0.485 e. The predicted molar refractivity (Wildman–Crippen MR) is 137 cm³/mol. The van der Waals surface area contributed by atoms with Crippen LogP contribution in [-0.4, -0.2) is 79.4 Å². The molecule has 1 fully saturated rings. The molecule has 4 aliphatic heterocycles. The van der Waals surface area contributed by atoms with Crippen molar-refractivity contribution in [1.29, 1.82) is 0 Å². The van der Waals surface area contributed by atoms with Gasteiger partial charge in [0.2, 0.25) is 18.8 Å². The molecule has 4 heterocycles. The summed E-state index contributed by atoms with van der Waals surface area (Å²) in [6.45, 7) is 9.08. The first-order valence-electron chi connectivity index (χ1n) is 12.7. The van der Waals surface area contributed by atoms with Gasteiger partial charge in [0.1, 0.15) is 6.61 Å². The molecule has 6 rings (SSSR count). The van der Waals surface area contributed by atoms with Crippen molar-refractivity contribution in [3.05, 3.63) is 48.0 Å². The Morgan fingerprint density at radius 2 is 1.65 bits per heavy atom. The molecule has 2 aromatic carbocycles. The molecule has 0 aliphatic carbocycles. The molecular weight excluding hydrogens is 474 g/mol. The summed E-state index contributed by atoms with van der Waals surface area (Å²) in [5.41, 5.74) is 2.42. The number of ether oxygens (including phenoxy) is 4. The first kappa shape index (κ1) is 23.7. The molecule has 2 amide bonds. The molecule has 0 N–H and O–H groups in total. The van der Waals surface area contributed by atoms with Crippen molar-refractivity contribution >= 4 is 23.1 Å². The van der Waals surface area contributed by atoms with Gasteiger partial charge in [0.05, 0.1) is 17.8 Å². The van der Waals surface area contributed by atoms with E-state index in [-0.39, 0.29) is 31.8 Å². The zero-order chi connectivity index (χ0) is 25.7. The van der Waals surface area contributed by atoms with E-state index in [0.717, 1.165) is 16.8 Å². The number of para-hydroxylation sites is 2. The van der Waals surface area contributed by atoms with E-state index < -0.39 is 11.6 Å². The number of allylic oxidation sites excluding steroid dienone is 1. The minimum absolute atomic E-state index is 0.00858. The van der Waals surface area contributed by atoms with E-state index in [4.69, 9.17) is 18.9 Å². The number of benzene rings is 2. The van der Waals surface area contributed by atoms with E-state index in [0.29, 0.717) is 49.2 Å². The molecule has 4 aliphatic rings. The third-order valence-electron chi connectivity index (χ3n) is 7.38. The number of carbonyl (C=O) groups excluding carboxylic acids is 2. The molecule has 0 radical (unpaired) electrons. The van der Waals surface area contributed by atoms with Crippen LogP contribution >= 0.6 is 0 Å². The van der Waals surface area contributed by atoms with Gasteiger partial charge in [0, 0.05) is 37.8 Å². The van der Waals surface area contributed by atoms with Crippen LogP contribution in [0.25, 0.3) is 5.57 Å². The largest absolute Gasteiger partial charge is 0.485 e. The highest BCUT2D eigenvalue weighted by Crippen LogP contribution is 2.46. The van der Waals surface area contributed by atoms with Crippen molar-refractivity contribution in [3.63, 3.8) is 0 Å². The Morgan fingerprint density at radius 1 is 0.946 bits per heavy atom. The Labute approximate surface area is 216 Å². The molecule has 9 heteroatoms. The zero-order valence-corrected chi connectivity index (χ0v) is 21.4. The smallest absolute Gasteiger partial charge is 0.267 e. The van der Waals surface area contributed by atoms with Gasteiger partial charge in [-0.05, 0) is 44.5 Å². The summed E-state index contributed by atoms with van der Waals surface area (Å²) in [6.07, 6.45) is 1.47. The van der Waals surface area contributed by atoms with E-state index in [1.807, 2.05) is 55.1 Å². The van der Waals surface area contributed by atoms with E-state index in [9.17, 15) is 9.59 Å². The number of piperazine rings is 1. The third kappa shape index (κ3) is 4.27. The second-order valence-electron chi connectivity index (χ2n) is 10.4. The van der Waals surface area contributed by atoms with E-state index in [2.05, 4.69) is 17.9 Å². The van der Waals surface area contributed by atoms with Crippen LogP contribution in [0.15, 0.2) is 42.5 Å². The maximum atomic E-state index is 13.7. The highest BCUT2D eigenvalue weighted by molar-refractivity contribution is 6.02. The average Bonchev–Trinajstić information content (AvgIpc) is 3.34. The number of carbonyl (C=O) groups is 2. The van der Waals surface area contributed by atoms with Gasteiger partial charge in [-0.2, -0.15) is 0 Å². The van der Waals surface area contributed by atoms with Gasteiger partial charge in [-0.25, -0.2) is 0 Å². The molecule has 1 saturated heterocycles. The van der Waals surface area contributed by atoms with E-state index in [1.165, 1.54) is 0 Å². The van der Waals surface area contributed by atoms with Crippen molar-refractivity contribution in [1.82, 2.24) is 9.80 Å². The van der Waals surface area contributed by atoms with Gasteiger partial charge in [-0.3, -0.25) is 14.5 Å². The Morgan fingerprint density at radius 3 is 2.41 bits per heavy atom. The number of fused-ring (bicyclic) bond motifs is 3. The van der Waals surface area contributed by atoms with Crippen molar-refractivity contribution in [3.8, 4) is 23.0 Å². The number of amides is 2. The summed E-state index contributed by atoms with van der Waals surface area (Å²) >= 11 is 0. The maximum absolute atomic E-state index is 13.7. The van der Waals surface area contributed by atoms with Gasteiger partial charge in [-0.15, -0.1) is 0 Å². The van der Waals surface area contributed by atoms with E-state index >= 15 is 0 Å². The molecule has 0 unspecified atom stereocenters. The van der Waals surface area contributed by atoms with Crippen LogP contribution in [0.1, 0.15) is 26.3 Å². The van der Waals surface area contributed by atoms with Gasteiger partial charge in [0.15, 0.2) is 23.0 Å². The third-order valence-corrected chi connectivity index (χ3v) is 7.38. The molecule has 0 spiro atoms. The maximum Gasteiger partial charge on any atom is 0.267 e. The lowest BCUT2D eigenvalue weighted by Gasteiger charge is -2.43. The standard InChI is InChI=1S/C28H31N3O6/c1-18-14-28(2,3)31(20-13-24-23(12-19(18)20)35-17-36-24)26(32)15-29-8-10-30(11-9-29)27(33)25-16-34-21-6-4-5-7-22(21)37-25/h4-7,12-14,25H,8-11,15-17H2,1-3H3/t25-/m0/s1. The molecule has 0 aromatic heterocycles. The topological polar surface area (TPSA) is 80.8 Å². The number of nitrogens with zero attached hydrogens (tertiary/aromatic N) is 3. The zero-order valence-electron chi connectivity index (χ0n) is 21.4. The molecule has 9 nitrogen and oxygen atoms in total. The Balaban J connectivity index is 1.11. The van der Waals surface area contributed by atoms with Crippen molar-refractivity contribution in [2.45, 2.75) is 32.4 Å². The fourth-order valence-corrected chi connectivity index (χ4v) is 5.60. The Bertz CT molecular complexity index is 1280. The highest BCUT2D eigenvalue weighted by atomic mass is 16.7. The first-order valence-corrected chi connectivity index (χ1v) is 12.7. The van der Waals surface area contributed by atoms with Gasteiger partial charge in [0.25, 0.3) is 5.91 Å². The SMILES string of the molecule is CC1=CC(C)(C)N(C(=O)CN2CCN(C(=O)[C@@H]3COc4ccccc4O3)CC2)c2cc3c(cc21)OCO3. The van der Waals surface area contributed by atoms with Crippen molar-refractivity contribution in [2.75, 3.05) is 51.0 Å². The Kier molecular flexibility index (Phi) is 5.75. The van der Waals surface area contributed by atoms with Crippen LogP contribution < -0.4 is 23.8 Å². The lowest BCUT2D eigenvalue weighted by Crippen LogP contribution is -2.57. The summed E-state index contributed by atoms with van der Waals surface area (Å²) in [6, 6.07) is 11.2. The average molecular weight is 506 g/mol. The molecule has 194 valence electrons. The monoisotopic (exact) mass is 505 g/mol. The highest BCUT2D eigenvalue weighted by Gasteiger charge is 2.39. The molecule has 37 heavy (non-hydrogen) atoms. The second-order valence-corrected chi connectivity index (χ2v) is 10.4. The summed E-state index contributed by atoms with van der Waals surface area (Å²) < 4.78 is 22.8. The number of hydrogen-bond donors (Lipinski definition) is 0. The predicted octanol–water partition coefficient (Wildman–Crippen LogP) is 2.93. The van der Waals surface area contributed by atoms with Crippen LogP contribution in [-0.2, 0) is 9.59 Å².